The Hall–Kier alpha value is -1.63. The molecule has 19 heavy (non-hydrogen) atoms. The van der Waals surface area contributed by atoms with Gasteiger partial charge in [-0.2, -0.15) is 4.98 Å². The second-order valence-corrected chi connectivity index (χ2v) is 4.30. The summed E-state index contributed by atoms with van der Waals surface area (Å²) < 4.78 is 15.4. The van der Waals surface area contributed by atoms with Gasteiger partial charge in [0.15, 0.2) is 5.82 Å². The van der Waals surface area contributed by atoms with Gasteiger partial charge >= 0.3 is 0 Å². The molecule has 1 aromatic carbocycles. The van der Waals surface area contributed by atoms with E-state index < -0.39 is 6.04 Å². The molecule has 1 aromatic heterocycles. The van der Waals surface area contributed by atoms with Crippen molar-refractivity contribution in [2.45, 2.75) is 6.04 Å². The zero-order chi connectivity index (χ0) is 13.8. The number of nitrogens with zero attached hydrogens (tertiary/aromatic N) is 2. The van der Waals surface area contributed by atoms with Crippen molar-refractivity contribution < 1.29 is 14.0 Å². The Bertz CT molecular complexity index is 559. The van der Waals surface area contributed by atoms with Crippen LogP contribution in [0.4, 0.5) is 0 Å². The number of hydrogen-bond donors (Lipinski definition) is 1. The van der Waals surface area contributed by atoms with Gasteiger partial charge in [-0.25, -0.2) is 0 Å². The van der Waals surface area contributed by atoms with E-state index in [9.17, 15) is 0 Å². The minimum Gasteiger partial charge on any atom is -0.496 e. The minimum absolute atomic E-state index is 0.306. The highest BCUT2D eigenvalue weighted by atomic mass is 35.5. The van der Waals surface area contributed by atoms with Gasteiger partial charge in [-0.15, -0.1) is 0 Å². The SMILES string of the molecule is COCC(N)c1noc(-c2cc(Cl)ccc2OC)n1. The van der Waals surface area contributed by atoms with Crippen molar-refractivity contribution in [3.8, 4) is 17.2 Å². The van der Waals surface area contributed by atoms with Crippen molar-refractivity contribution in [2.24, 2.45) is 5.73 Å². The molecule has 2 rings (SSSR count). The maximum Gasteiger partial charge on any atom is 0.261 e. The predicted molar refractivity (Wildman–Crippen MR) is 70.1 cm³/mol. The summed E-state index contributed by atoms with van der Waals surface area (Å²) in [6.45, 7) is 0.311. The fourth-order valence-corrected chi connectivity index (χ4v) is 1.77. The lowest BCUT2D eigenvalue weighted by atomic mass is 10.2. The fraction of sp³-hybridized carbons (Fsp3) is 0.333. The highest BCUT2D eigenvalue weighted by Gasteiger charge is 2.18. The van der Waals surface area contributed by atoms with Crippen LogP contribution in [0.1, 0.15) is 11.9 Å². The summed E-state index contributed by atoms with van der Waals surface area (Å²) in [4.78, 5) is 4.23. The number of methoxy groups -OCH3 is 2. The van der Waals surface area contributed by atoms with Crippen LogP contribution in [-0.2, 0) is 4.74 Å². The molecule has 102 valence electrons. The molecule has 0 fully saturated rings. The second kappa shape index (κ2) is 6.01. The number of nitrogens with two attached hydrogens (primary N) is 1. The highest BCUT2D eigenvalue weighted by Crippen LogP contribution is 2.31. The van der Waals surface area contributed by atoms with Crippen LogP contribution in [0, 0.1) is 0 Å². The summed E-state index contributed by atoms with van der Waals surface area (Å²) in [7, 11) is 3.11. The monoisotopic (exact) mass is 283 g/mol. The van der Waals surface area contributed by atoms with E-state index >= 15 is 0 Å². The normalized spacial score (nSPS) is 12.4. The molecule has 2 aromatic rings. The fourth-order valence-electron chi connectivity index (χ4n) is 1.60. The summed E-state index contributed by atoms with van der Waals surface area (Å²) in [5.41, 5.74) is 6.45. The molecule has 2 N–H and O–H groups in total. The number of ether oxygens (including phenoxy) is 2. The van der Waals surface area contributed by atoms with Gasteiger partial charge in [-0.3, -0.25) is 0 Å². The van der Waals surface area contributed by atoms with E-state index in [0.29, 0.717) is 34.7 Å². The second-order valence-electron chi connectivity index (χ2n) is 3.86. The number of benzene rings is 1. The molecule has 1 unspecified atom stereocenters. The molecular weight excluding hydrogens is 270 g/mol. The molecule has 6 nitrogen and oxygen atoms in total. The van der Waals surface area contributed by atoms with Crippen molar-refractivity contribution in [3.63, 3.8) is 0 Å². The molecule has 0 aliphatic rings. The molecule has 1 atom stereocenters. The Labute approximate surface area is 115 Å². The molecule has 0 amide bonds. The molecule has 0 aliphatic carbocycles. The predicted octanol–water partition coefficient (Wildman–Crippen LogP) is 2.04. The number of rotatable bonds is 5. The molecule has 0 radical (unpaired) electrons. The van der Waals surface area contributed by atoms with Crippen LogP contribution in [-0.4, -0.2) is 31.0 Å². The topological polar surface area (TPSA) is 83.4 Å². The first kappa shape index (κ1) is 13.8. The third-order valence-electron chi connectivity index (χ3n) is 2.51. The van der Waals surface area contributed by atoms with Gasteiger partial charge in [0.1, 0.15) is 5.75 Å². The number of hydrogen-bond acceptors (Lipinski definition) is 6. The average Bonchev–Trinajstić information content (AvgIpc) is 2.88. The molecule has 1 heterocycles. The van der Waals surface area contributed by atoms with Crippen LogP contribution in [0.15, 0.2) is 22.7 Å². The van der Waals surface area contributed by atoms with Crippen LogP contribution < -0.4 is 10.5 Å². The molecule has 0 saturated heterocycles. The van der Waals surface area contributed by atoms with Gasteiger partial charge in [0.25, 0.3) is 5.89 Å². The Morgan fingerprint density at radius 1 is 1.42 bits per heavy atom. The largest absolute Gasteiger partial charge is 0.496 e. The smallest absolute Gasteiger partial charge is 0.261 e. The van der Waals surface area contributed by atoms with Crippen LogP contribution in [0.2, 0.25) is 5.02 Å². The lowest BCUT2D eigenvalue weighted by Gasteiger charge is -2.05. The maximum absolute atomic E-state index is 5.95. The van der Waals surface area contributed by atoms with E-state index in [1.165, 1.54) is 0 Å². The van der Waals surface area contributed by atoms with Gasteiger partial charge in [-0.1, -0.05) is 16.8 Å². The van der Waals surface area contributed by atoms with E-state index in [4.69, 9.17) is 31.3 Å². The standard InChI is InChI=1S/C12H14ClN3O3/c1-17-6-9(14)11-15-12(19-16-11)8-5-7(13)3-4-10(8)18-2/h3-5,9H,6,14H2,1-2H3. The zero-order valence-corrected chi connectivity index (χ0v) is 11.3. The van der Waals surface area contributed by atoms with E-state index in [0.717, 1.165) is 0 Å². The Morgan fingerprint density at radius 2 is 2.21 bits per heavy atom. The van der Waals surface area contributed by atoms with Crippen molar-refractivity contribution >= 4 is 11.6 Å². The molecular formula is C12H14ClN3O3. The van der Waals surface area contributed by atoms with E-state index in [2.05, 4.69) is 10.1 Å². The van der Waals surface area contributed by atoms with Crippen molar-refractivity contribution in [1.82, 2.24) is 10.1 Å². The van der Waals surface area contributed by atoms with Gasteiger partial charge in [0, 0.05) is 12.1 Å². The van der Waals surface area contributed by atoms with Crippen molar-refractivity contribution in [3.05, 3.63) is 29.0 Å². The summed E-state index contributed by atoms with van der Waals surface area (Å²) in [5, 5.41) is 4.38. The van der Waals surface area contributed by atoms with Crippen molar-refractivity contribution in [1.29, 1.82) is 0 Å². The van der Waals surface area contributed by atoms with Crippen molar-refractivity contribution in [2.75, 3.05) is 20.8 Å². The van der Waals surface area contributed by atoms with Crippen LogP contribution in [0.3, 0.4) is 0 Å². The third kappa shape index (κ3) is 3.04. The van der Waals surface area contributed by atoms with Gasteiger partial charge in [-0.05, 0) is 18.2 Å². The first-order valence-electron chi connectivity index (χ1n) is 5.57. The summed E-state index contributed by atoms with van der Waals surface area (Å²) >= 11 is 5.95. The number of aromatic nitrogens is 2. The summed E-state index contributed by atoms with van der Waals surface area (Å²) in [6, 6.07) is 4.71. The lowest BCUT2D eigenvalue weighted by Crippen LogP contribution is -2.17. The minimum atomic E-state index is -0.437. The molecule has 0 bridgehead atoms. The molecule has 0 spiro atoms. The van der Waals surface area contributed by atoms with Crippen LogP contribution >= 0.6 is 11.6 Å². The van der Waals surface area contributed by atoms with Crippen LogP contribution in [0.25, 0.3) is 11.5 Å². The van der Waals surface area contributed by atoms with Gasteiger partial charge in [0.2, 0.25) is 0 Å². The average molecular weight is 284 g/mol. The Kier molecular flexibility index (Phi) is 4.36. The Morgan fingerprint density at radius 3 is 2.89 bits per heavy atom. The molecule has 0 saturated carbocycles. The number of halogens is 1. The first-order chi connectivity index (χ1) is 9.15. The van der Waals surface area contributed by atoms with Gasteiger partial charge < -0.3 is 19.7 Å². The van der Waals surface area contributed by atoms with E-state index in [-0.39, 0.29) is 0 Å². The quantitative estimate of drug-likeness (QED) is 0.904. The van der Waals surface area contributed by atoms with Gasteiger partial charge in [0.05, 0.1) is 25.3 Å². The van der Waals surface area contributed by atoms with Crippen LogP contribution in [0.5, 0.6) is 5.75 Å². The maximum atomic E-state index is 5.95. The van der Waals surface area contributed by atoms with E-state index in [1.54, 1.807) is 32.4 Å². The summed E-state index contributed by atoms with van der Waals surface area (Å²) in [5.74, 6) is 1.28. The molecule has 7 heteroatoms. The first-order valence-corrected chi connectivity index (χ1v) is 5.95. The highest BCUT2D eigenvalue weighted by molar-refractivity contribution is 6.30. The van der Waals surface area contributed by atoms with E-state index in [1.807, 2.05) is 0 Å². The summed E-state index contributed by atoms with van der Waals surface area (Å²) in [6.07, 6.45) is 0. The Balaban J connectivity index is 2.34. The zero-order valence-electron chi connectivity index (χ0n) is 10.6. The lowest BCUT2D eigenvalue weighted by molar-refractivity contribution is 0.177. The third-order valence-corrected chi connectivity index (χ3v) is 2.75. The molecule has 0 aliphatic heterocycles.